The van der Waals surface area contributed by atoms with E-state index >= 15 is 0 Å². The molecule has 1 N–H and O–H groups in total. The third-order valence-electron chi connectivity index (χ3n) is 3.30. The Kier molecular flexibility index (Phi) is 5.72. The number of aryl methyl sites for hydroxylation is 1. The van der Waals surface area contributed by atoms with Gasteiger partial charge in [0.25, 0.3) is 0 Å². The van der Waals surface area contributed by atoms with E-state index < -0.39 is 0 Å². The van der Waals surface area contributed by atoms with E-state index in [-0.39, 0.29) is 5.91 Å². The molecule has 2 aromatic rings. The van der Waals surface area contributed by atoms with Gasteiger partial charge >= 0.3 is 0 Å². The van der Waals surface area contributed by atoms with E-state index in [4.69, 9.17) is 0 Å². The molecule has 0 radical (unpaired) electrons. The second-order valence-electron chi connectivity index (χ2n) is 5.26. The van der Waals surface area contributed by atoms with Gasteiger partial charge in [-0.05, 0) is 29.7 Å². The smallest absolute Gasteiger partial charge is 0.240 e. The van der Waals surface area contributed by atoms with E-state index in [0.29, 0.717) is 6.42 Å². The fraction of sp³-hybridized carbons (Fsp3) is 0.222. The van der Waals surface area contributed by atoms with Crippen molar-refractivity contribution in [1.29, 1.82) is 0 Å². The Hall–Kier alpha value is -2.62. The number of carbonyl (C=O) groups is 1. The number of hydrogen-bond donors (Lipinski definition) is 1. The van der Waals surface area contributed by atoms with Gasteiger partial charge in [-0.25, -0.2) is 5.43 Å². The molecule has 0 aromatic heterocycles. The molecule has 0 heterocycles. The Morgan fingerprint density at radius 3 is 2.41 bits per heavy atom. The maximum Gasteiger partial charge on any atom is 0.240 e. The summed E-state index contributed by atoms with van der Waals surface area (Å²) in [6.07, 6.45) is 2.81. The van der Waals surface area contributed by atoms with Crippen LogP contribution < -0.4 is 10.3 Å². The van der Waals surface area contributed by atoms with E-state index in [0.717, 1.165) is 23.2 Å². The van der Waals surface area contributed by atoms with Crippen LogP contribution in [-0.2, 0) is 11.2 Å². The molecule has 0 saturated carbocycles. The van der Waals surface area contributed by atoms with Crippen LogP contribution in [0, 0.1) is 0 Å². The van der Waals surface area contributed by atoms with Crippen LogP contribution in [0.15, 0.2) is 59.7 Å². The van der Waals surface area contributed by atoms with Crippen molar-refractivity contribution in [3.63, 3.8) is 0 Å². The largest absolute Gasteiger partial charge is 0.378 e. The van der Waals surface area contributed by atoms with Gasteiger partial charge < -0.3 is 4.90 Å². The van der Waals surface area contributed by atoms with E-state index in [9.17, 15) is 4.79 Å². The fourth-order valence-electron chi connectivity index (χ4n) is 2.00. The number of anilines is 1. The lowest BCUT2D eigenvalue weighted by atomic mass is 10.1. The SMILES string of the molecule is CN(C)c1ccc(C=NNC(=O)CCc2ccccc2)cc1. The van der Waals surface area contributed by atoms with Crippen LogP contribution >= 0.6 is 0 Å². The Bertz CT molecular complexity index is 619. The van der Waals surface area contributed by atoms with Gasteiger partial charge in [0, 0.05) is 26.2 Å². The number of hydrogen-bond acceptors (Lipinski definition) is 3. The summed E-state index contributed by atoms with van der Waals surface area (Å²) in [5.74, 6) is -0.0787. The van der Waals surface area contributed by atoms with E-state index in [2.05, 4.69) is 10.5 Å². The van der Waals surface area contributed by atoms with Crippen LogP contribution in [0.3, 0.4) is 0 Å². The molecule has 0 saturated heterocycles. The predicted molar refractivity (Wildman–Crippen MR) is 91.3 cm³/mol. The van der Waals surface area contributed by atoms with Crippen LogP contribution in [0.25, 0.3) is 0 Å². The number of nitrogens with one attached hydrogen (secondary N) is 1. The highest BCUT2D eigenvalue weighted by Gasteiger charge is 2.00. The van der Waals surface area contributed by atoms with Crippen molar-refractivity contribution in [2.75, 3.05) is 19.0 Å². The summed E-state index contributed by atoms with van der Waals surface area (Å²) in [7, 11) is 3.99. The zero-order valence-electron chi connectivity index (χ0n) is 13.0. The highest BCUT2D eigenvalue weighted by molar-refractivity contribution is 5.82. The average Bonchev–Trinajstić information content (AvgIpc) is 2.54. The summed E-state index contributed by atoms with van der Waals surface area (Å²) in [5.41, 5.74) is 5.79. The molecule has 0 fully saturated rings. The molecule has 114 valence electrons. The minimum atomic E-state index is -0.0787. The quantitative estimate of drug-likeness (QED) is 0.658. The number of rotatable bonds is 6. The molecule has 0 bridgehead atoms. The van der Waals surface area contributed by atoms with Gasteiger partial charge in [0.15, 0.2) is 0 Å². The van der Waals surface area contributed by atoms with Crippen molar-refractivity contribution in [2.45, 2.75) is 12.8 Å². The lowest BCUT2D eigenvalue weighted by molar-refractivity contribution is -0.121. The molecule has 0 aliphatic heterocycles. The topological polar surface area (TPSA) is 44.7 Å². The first-order chi connectivity index (χ1) is 10.6. The monoisotopic (exact) mass is 295 g/mol. The highest BCUT2D eigenvalue weighted by atomic mass is 16.2. The fourth-order valence-corrected chi connectivity index (χ4v) is 2.00. The van der Waals surface area contributed by atoms with Crippen LogP contribution in [0.1, 0.15) is 17.5 Å². The van der Waals surface area contributed by atoms with Gasteiger partial charge in [-0.1, -0.05) is 42.5 Å². The number of benzene rings is 2. The van der Waals surface area contributed by atoms with E-state index in [1.165, 1.54) is 0 Å². The van der Waals surface area contributed by atoms with Gasteiger partial charge in [0.1, 0.15) is 0 Å². The first kappa shape index (κ1) is 15.8. The Labute approximate surface area is 131 Å². The summed E-state index contributed by atoms with van der Waals surface area (Å²) in [4.78, 5) is 13.8. The first-order valence-corrected chi connectivity index (χ1v) is 7.28. The molecular weight excluding hydrogens is 274 g/mol. The molecule has 1 amide bonds. The molecule has 2 rings (SSSR count). The van der Waals surface area contributed by atoms with Gasteiger partial charge in [0.05, 0.1) is 6.21 Å². The van der Waals surface area contributed by atoms with Gasteiger partial charge in [-0.15, -0.1) is 0 Å². The van der Waals surface area contributed by atoms with Crippen LogP contribution in [0.4, 0.5) is 5.69 Å². The molecule has 0 atom stereocenters. The second kappa shape index (κ2) is 7.98. The summed E-state index contributed by atoms with van der Waals surface area (Å²) in [6.45, 7) is 0. The molecule has 0 aliphatic carbocycles. The number of amides is 1. The molecule has 0 aliphatic rings. The molecule has 4 nitrogen and oxygen atoms in total. The van der Waals surface area contributed by atoms with Gasteiger partial charge in [-0.3, -0.25) is 4.79 Å². The summed E-state index contributed by atoms with van der Waals surface area (Å²) >= 11 is 0. The molecule has 22 heavy (non-hydrogen) atoms. The van der Waals surface area contributed by atoms with E-state index in [1.54, 1.807) is 6.21 Å². The third-order valence-corrected chi connectivity index (χ3v) is 3.30. The van der Waals surface area contributed by atoms with Crippen molar-refractivity contribution >= 4 is 17.8 Å². The standard InChI is InChI=1S/C18H21N3O/c1-21(2)17-11-8-16(9-12-17)14-19-20-18(22)13-10-15-6-4-3-5-7-15/h3-9,11-12,14H,10,13H2,1-2H3,(H,20,22). The van der Waals surface area contributed by atoms with Crippen molar-refractivity contribution in [1.82, 2.24) is 5.43 Å². The minimum absolute atomic E-state index is 0.0787. The first-order valence-electron chi connectivity index (χ1n) is 7.28. The van der Waals surface area contributed by atoms with Gasteiger partial charge in [0.2, 0.25) is 5.91 Å². The zero-order chi connectivity index (χ0) is 15.8. The summed E-state index contributed by atoms with van der Waals surface area (Å²) in [5, 5.41) is 3.99. The summed E-state index contributed by atoms with van der Waals surface area (Å²) < 4.78 is 0. The third kappa shape index (κ3) is 5.05. The van der Waals surface area contributed by atoms with E-state index in [1.807, 2.05) is 73.6 Å². The van der Waals surface area contributed by atoms with Crippen molar-refractivity contribution in [3.8, 4) is 0 Å². The molecule has 0 spiro atoms. The van der Waals surface area contributed by atoms with Crippen molar-refractivity contribution in [3.05, 3.63) is 65.7 Å². The minimum Gasteiger partial charge on any atom is -0.378 e. The number of carbonyl (C=O) groups excluding carboxylic acids is 1. The molecule has 0 unspecified atom stereocenters. The maximum atomic E-state index is 11.7. The van der Waals surface area contributed by atoms with Crippen LogP contribution in [-0.4, -0.2) is 26.2 Å². The molecular formula is C18H21N3O. The van der Waals surface area contributed by atoms with Crippen LogP contribution in [0.2, 0.25) is 0 Å². The van der Waals surface area contributed by atoms with Crippen molar-refractivity contribution in [2.24, 2.45) is 5.10 Å². The van der Waals surface area contributed by atoms with Crippen LogP contribution in [0.5, 0.6) is 0 Å². The predicted octanol–water partition coefficient (Wildman–Crippen LogP) is 2.84. The molecule has 4 heteroatoms. The normalized spacial score (nSPS) is 10.6. The Morgan fingerprint density at radius 1 is 1.09 bits per heavy atom. The Balaban J connectivity index is 1.78. The second-order valence-corrected chi connectivity index (χ2v) is 5.26. The summed E-state index contributed by atoms with van der Waals surface area (Å²) in [6, 6.07) is 17.9. The van der Waals surface area contributed by atoms with Gasteiger partial charge in [-0.2, -0.15) is 5.10 Å². The lowest BCUT2D eigenvalue weighted by Crippen LogP contribution is -2.17. The zero-order valence-corrected chi connectivity index (χ0v) is 13.0. The molecule has 2 aromatic carbocycles. The maximum absolute atomic E-state index is 11.7. The average molecular weight is 295 g/mol. The number of nitrogens with zero attached hydrogens (tertiary/aromatic N) is 2. The lowest BCUT2D eigenvalue weighted by Gasteiger charge is -2.11. The highest BCUT2D eigenvalue weighted by Crippen LogP contribution is 2.10. The Morgan fingerprint density at radius 2 is 1.77 bits per heavy atom. The van der Waals surface area contributed by atoms with Crippen molar-refractivity contribution < 1.29 is 4.79 Å². The number of hydrazone groups is 1.